The molecule has 0 unspecified atom stereocenters. The standard InChI is InChI=1S/C25H30F3IN4O4/c1-24(2,3)37-23(35)31-10-4-9-30-12-25(36)13-33(14-25)22(34)16-6-7-17(26)20(28)21(16)32-19-8-5-15(29)11-18(19)27/h5-8,11,30,32,36H,4,9-10,12-14H2,1-3H3,(H,31,35)/p+1. The van der Waals surface area contributed by atoms with Crippen molar-refractivity contribution in [3.8, 4) is 0 Å². The molecule has 1 aliphatic rings. The quantitative estimate of drug-likeness (QED) is 0.221. The van der Waals surface area contributed by atoms with Crippen molar-refractivity contribution in [2.75, 3.05) is 38.0 Å². The second-order valence-electron chi connectivity index (χ2n) is 9.93. The van der Waals surface area contributed by atoms with Crippen LogP contribution in [0, 0.1) is 21.0 Å². The molecule has 0 atom stereocenters. The van der Waals surface area contributed by atoms with Gasteiger partial charge in [-0.15, -0.1) is 0 Å². The first kappa shape index (κ1) is 29.0. The summed E-state index contributed by atoms with van der Waals surface area (Å²) < 4.78 is 48.7. The fourth-order valence-electron chi connectivity index (χ4n) is 3.73. The predicted molar refractivity (Wildman–Crippen MR) is 143 cm³/mol. The van der Waals surface area contributed by atoms with E-state index in [0.717, 1.165) is 12.1 Å². The molecule has 1 heterocycles. The Hall–Kier alpha value is -2.58. The van der Waals surface area contributed by atoms with Crippen molar-refractivity contribution >= 4 is 46.0 Å². The number of halogens is 4. The highest BCUT2D eigenvalue weighted by Crippen LogP contribution is 2.31. The normalized spacial score (nSPS) is 14.6. The van der Waals surface area contributed by atoms with Gasteiger partial charge in [0, 0.05) is 10.1 Å². The van der Waals surface area contributed by atoms with Crippen LogP contribution in [0.15, 0.2) is 30.3 Å². The van der Waals surface area contributed by atoms with Crippen LogP contribution in [0.3, 0.4) is 0 Å². The second-order valence-corrected chi connectivity index (χ2v) is 11.2. The number of carbonyl (C=O) groups excluding carboxylic acids is 2. The van der Waals surface area contributed by atoms with Crippen molar-refractivity contribution in [1.82, 2.24) is 15.5 Å². The summed E-state index contributed by atoms with van der Waals surface area (Å²) in [5.74, 6) is -3.72. The molecule has 12 heteroatoms. The maximum atomic E-state index is 14.6. The monoisotopic (exact) mass is 635 g/mol. The zero-order valence-electron chi connectivity index (χ0n) is 20.8. The molecule has 2 aromatic rings. The Labute approximate surface area is 227 Å². The van der Waals surface area contributed by atoms with Gasteiger partial charge in [0.25, 0.3) is 5.91 Å². The second kappa shape index (κ2) is 11.9. The molecule has 0 aromatic heterocycles. The molecule has 0 bridgehead atoms. The summed E-state index contributed by atoms with van der Waals surface area (Å²) in [5.41, 5.74) is -2.21. The van der Waals surface area contributed by atoms with Gasteiger partial charge in [-0.3, -0.25) is 4.79 Å². The molecular formula is C25H31F3IN4O4+. The van der Waals surface area contributed by atoms with Crippen molar-refractivity contribution in [1.29, 1.82) is 0 Å². The summed E-state index contributed by atoms with van der Waals surface area (Å²) in [5, 5.41) is 16.8. The first-order valence-corrected chi connectivity index (χ1v) is 12.8. The number of nitrogens with zero attached hydrogens (tertiary/aromatic N) is 1. The molecule has 1 fully saturated rings. The summed E-state index contributed by atoms with van der Waals surface area (Å²) in [6, 6.07) is 6.19. The van der Waals surface area contributed by atoms with Crippen LogP contribution < -0.4 is 16.0 Å². The van der Waals surface area contributed by atoms with Gasteiger partial charge < -0.3 is 30.7 Å². The number of alkyl carbamates (subject to hydrolysis) is 1. The molecule has 1 aliphatic heterocycles. The molecule has 0 radical (unpaired) electrons. The minimum atomic E-state index is -1.29. The maximum absolute atomic E-state index is 14.6. The van der Waals surface area contributed by atoms with E-state index < -0.39 is 46.3 Å². The van der Waals surface area contributed by atoms with Crippen LogP contribution in [0.2, 0.25) is 0 Å². The molecule has 1 saturated heterocycles. The fourth-order valence-corrected chi connectivity index (χ4v) is 4.19. The molecule has 202 valence electrons. The van der Waals surface area contributed by atoms with Gasteiger partial charge >= 0.3 is 6.09 Å². The van der Waals surface area contributed by atoms with Gasteiger partial charge in [0.05, 0.1) is 36.6 Å². The van der Waals surface area contributed by atoms with Crippen LogP contribution in [0.1, 0.15) is 37.6 Å². The zero-order valence-corrected chi connectivity index (χ0v) is 23.0. The maximum Gasteiger partial charge on any atom is 0.407 e. The van der Waals surface area contributed by atoms with Crippen molar-refractivity contribution in [2.45, 2.75) is 38.4 Å². The molecule has 3 rings (SSSR count). The lowest BCUT2D eigenvalue weighted by Crippen LogP contribution is -2.67. The first-order chi connectivity index (χ1) is 17.3. The van der Waals surface area contributed by atoms with E-state index in [2.05, 4.69) is 16.0 Å². The van der Waals surface area contributed by atoms with Gasteiger partial charge in [-0.05, 0) is 86.7 Å². The van der Waals surface area contributed by atoms with E-state index in [0.29, 0.717) is 29.6 Å². The highest BCUT2D eigenvalue weighted by atomic mass is 127. The number of benzene rings is 2. The highest BCUT2D eigenvalue weighted by molar-refractivity contribution is 14.1. The summed E-state index contributed by atoms with van der Waals surface area (Å²) in [6.07, 6.45) is 0.130. The minimum Gasteiger partial charge on any atom is -0.444 e. The third-order valence-electron chi connectivity index (χ3n) is 5.45. The Balaban J connectivity index is 1.52. The number of anilines is 2. The highest BCUT2D eigenvalue weighted by Gasteiger charge is 2.48. The third kappa shape index (κ3) is 7.95. The number of hydrogen-bond acceptors (Lipinski definition) is 5. The molecule has 0 aliphatic carbocycles. The molecule has 5 N–H and O–H groups in total. The van der Waals surface area contributed by atoms with E-state index in [1.54, 1.807) is 26.8 Å². The average Bonchev–Trinajstić information content (AvgIpc) is 2.77. The van der Waals surface area contributed by atoms with Crippen molar-refractivity contribution in [3.05, 3.63) is 56.9 Å². The number of carbonyl (C=O) groups is 2. The lowest BCUT2D eigenvalue weighted by atomic mass is 9.92. The molecule has 2 amide bonds. The van der Waals surface area contributed by atoms with Crippen LogP contribution in [-0.4, -0.2) is 65.9 Å². The molecule has 2 aromatic carbocycles. The number of rotatable bonds is 9. The van der Waals surface area contributed by atoms with Gasteiger partial charge in [-0.1, -0.05) is 0 Å². The molecular weight excluding hydrogens is 604 g/mol. The van der Waals surface area contributed by atoms with E-state index >= 15 is 0 Å². The summed E-state index contributed by atoms with van der Waals surface area (Å²) >= 11 is 1.92. The van der Waals surface area contributed by atoms with Gasteiger partial charge in [0.1, 0.15) is 11.4 Å². The van der Waals surface area contributed by atoms with E-state index in [1.807, 2.05) is 22.6 Å². The van der Waals surface area contributed by atoms with Crippen molar-refractivity contribution < 1.29 is 32.6 Å². The van der Waals surface area contributed by atoms with Crippen molar-refractivity contribution in [2.24, 2.45) is 0 Å². The van der Waals surface area contributed by atoms with Gasteiger partial charge in [0.2, 0.25) is 5.60 Å². The lowest BCUT2D eigenvalue weighted by molar-refractivity contribution is -0.0784. The third-order valence-corrected chi connectivity index (χ3v) is 6.12. The summed E-state index contributed by atoms with van der Waals surface area (Å²) in [6.45, 7) is 6.77. The smallest absolute Gasteiger partial charge is 0.407 e. The Morgan fingerprint density at radius 1 is 1.11 bits per heavy atom. The average molecular weight is 635 g/mol. The van der Waals surface area contributed by atoms with Crippen LogP contribution in [-0.2, 0) is 4.74 Å². The van der Waals surface area contributed by atoms with Crippen molar-refractivity contribution in [3.63, 3.8) is 0 Å². The van der Waals surface area contributed by atoms with E-state index in [1.165, 1.54) is 17.0 Å². The first-order valence-electron chi connectivity index (χ1n) is 11.7. The van der Waals surface area contributed by atoms with Crippen LogP contribution in [0.25, 0.3) is 0 Å². The molecule has 8 nitrogen and oxygen atoms in total. The van der Waals surface area contributed by atoms with E-state index in [9.17, 15) is 22.8 Å². The van der Waals surface area contributed by atoms with Crippen LogP contribution in [0.4, 0.5) is 29.3 Å². The predicted octanol–water partition coefficient (Wildman–Crippen LogP) is 3.88. The van der Waals surface area contributed by atoms with E-state index in [4.69, 9.17) is 9.84 Å². The number of nitrogens with one attached hydrogen (secondary N) is 3. The Morgan fingerprint density at radius 3 is 2.46 bits per heavy atom. The molecule has 0 spiro atoms. The summed E-state index contributed by atoms with van der Waals surface area (Å²) in [4.78, 5) is 26.0. The SMILES string of the molecule is CC(C)(C)OC(=O)NCCCNCC1([OH2+])CN(C(=O)c2ccc(F)c(F)c2Nc2ccc(I)cc2F)C1. The number of ether oxygens (including phenoxy) is 1. The number of likely N-dealkylation sites (tertiary alicyclic amines) is 1. The van der Waals surface area contributed by atoms with Gasteiger partial charge in [-0.25, -0.2) is 18.0 Å². The molecule has 0 saturated carbocycles. The number of amides is 2. The Kier molecular flexibility index (Phi) is 9.29. The lowest BCUT2D eigenvalue weighted by Gasteiger charge is -2.43. The fraction of sp³-hybridized carbons (Fsp3) is 0.440. The Morgan fingerprint density at radius 2 is 1.81 bits per heavy atom. The Bertz CT molecular complexity index is 1150. The largest absolute Gasteiger partial charge is 0.444 e. The topological polar surface area (TPSA) is 106 Å². The van der Waals surface area contributed by atoms with Gasteiger partial charge in [-0.2, -0.15) is 0 Å². The minimum absolute atomic E-state index is 0.0886. The zero-order chi connectivity index (χ0) is 27.4. The molecule has 37 heavy (non-hydrogen) atoms. The summed E-state index contributed by atoms with van der Waals surface area (Å²) in [7, 11) is 0. The number of hydrogen-bond donors (Lipinski definition) is 3. The van der Waals surface area contributed by atoms with Crippen LogP contribution >= 0.6 is 22.6 Å². The van der Waals surface area contributed by atoms with Gasteiger partial charge in [0.15, 0.2) is 11.6 Å². The van der Waals surface area contributed by atoms with E-state index in [-0.39, 0.29) is 24.3 Å². The van der Waals surface area contributed by atoms with Crippen LogP contribution in [0.5, 0.6) is 0 Å².